The summed E-state index contributed by atoms with van der Waals surface area (Å²) in [6.07, 6.45) is 2.53. The third-order valence-corrected chi connectivity index (χ3v) is 5.52. The summed E-state index contributed by atoms with van der Waals surface area (Å²) in [6.45, 7) is 3.77. The Kier molecular flexibility index (Phi) is 7.14. The predicted molar refractivity (Wildman–Crippen MR) is 114 cm³/mol. The van der Waals surface area contributed by atoms with Crippen molar-refractivity contribution in [2.24, 2.45) is 0 Å². The summed E-state index contributed by atoms with van der Waals surface area (Å²) >= 11 is 7.54. The quantitative estimate of drug-likeness (QED) is 0.512. The van der Waals surface area contributed by atoms with E-state index < -0.39 is 0 Å². The molecule has 2 aromatic carbocycles. The molecular formula is C21H21ClN2O3S. The van der Waals surface area contributed by atoms with Gasteiger partial charge in [0.2, 0.25) is 0 Å². The molecule has 2 N–H and O–H groups in total. The number of hydrogen-bond donors (Lipinski definition) is 2. The maximum Gasteiger partial charge on any atom is 0.262 e. The molecule has 0 spiro atoms. The molecule has 146 valence electrons. The molecule has 28 heavy (non-hydrogen) atoms. The second-order valence-electron chi connectivity index (χ2n) is 6.10. The van der Waals surface area contributed by atoms with Crippen molar-refractivity contribution in [3.8, 4) is 0 Å². The largest absolute Gasteiger partial charge is 0.382 e. The maximum absolute atomic E-state index is 12.5. The van der Waals surface area contributed by atoms with Crippen molar-refractivity contribution < 1.29 is 14.3 Å². The van der Waals surface area contributed by atoms with E-state index in [0.29, 0.717) is 40.9 Å². The molecule has 0 fully saturated rings. The van der Waals surface area contributed by atoms with Gasteiger partial charge in [-0.25, -0.2) is 0 Å². The van der Waals surface area contributed by atoms with Crippen LogP contribution in [-0.4, -0.2) is 31.6 Å². The lowest BCUT2D eigenvalue weighted by molar-refractivity contribution is -0.112. The molecule has 2 aromatic rings. The summed E-state index contributed by atoms with van der Waals surface area (Å²) < 4.78 is 5.25. The van der Waals surface area contributed by atoms with Gasteiger partial charge in [0, 0.05) is 35.2 Å². The van der Waals surface area contributed by atoms with E-state index in [2.05, 4.69) is 10.6 Å². The lowest BCUT2D eigenvalue weighted by atomic mass is 10.1. The second kappa shape index (κ2) is 9.78. The topological polar surface area (TPSA) is 67.4 Å². The fraction of sp³-hybridized carbons (Fsp3) is 0.238. The van der Waals surface area contributed by atoms with Gasteiger partial charge in [-0.05, 0) is 49.2 Å². The van der Waals surface area contributed by atoms with Crippen LogP contribution in [0.3, 0.4) is 0 Å². The minimum atomic E-state index is -0.216. The Morgan fingerprint density at radius 2 is 2.11 bits per heavy atom. The molecule has 0 unspecified atom stereocenters. The van der Waals surface area contributed by atoms with Crippen LogP contribution in [0.25, 0.3) is 6.08 Å². The molecule has 0 aromatic heterocycles. The third-order valence-electron chi connectivity index (χ3n) is 4.08. The van der Waals surface area contributed by atoms with Crippen LogP contribution in [0.2, 0.25) is 5.02 Å². The number of fused-ring (bicyclic) bond motifs is 1. The first-order chi connectivity index (χ1) is 13.6. The maximum atomic E-state index is 12.5. The van der Waals surface area contributed by atoms with E-state index in [0.717, 1.165) is 16.9 Å². The van der Waals surface area contributed by atoms with Gasteiger partial charge < -0.3 is 15.4 Å². The molecule has 0 radical (unpaired) electrons. The molecule has 0 saturated heterocycles. The minimum Gasteiger partial charge on any atom is -0.382 e. The van der Waals surface area contributed by atoms with Gasteiger partial charge in [0.05, 0.1) is 10.6 Å². The molecule has 1 heterocycles. The molecule has 0 saturated carbocycles. The monoisotopic (exact) mass is 416 g/mol. The number of thioether (sulfide) groups is 1. The van der Waals surface area contributed by atoms with Crippen LogP contribution in [0.15, 0.2) is 52.3 Å². The van der Waals surface area contributed by atoms with E-state index in [-0.39, 0.29) is 11.8 Å². The number of halogens is 1. The first-order valence-electron chi connectivity index (χ1n) is 9.04. The number of carbonyl (C=O) groups is 2. The first kappa shape index (κ1) is 20.5. The van der Waals surface area contributed by atoms with Gasteiger partial charge >= 0.3 is 0 Å². The summed E-state index contributed by atoms with van der Waals surface area (Å²) in [7, 11) is 0. The summed E-state index contributed by atoms with van der Waals surface area (Å²) in [5.41, 5.74) is 1.93. The lowest BCUT2D eigenvalue weighted by Gasteiger charge is -2.19. The summed E-state index contributed by atoms with van der Waals surface area (Å²) in [4.78, 5) is 26.2. The third kappa shape index (κ3) is 5.16. The highest BCUT2D eigenvalue weighted by Gasteiger charge is 2.22. The fourth-order valence-electron chi connectivity index (χ4n) is 2.66. The zero-order valence-electron chi connectivity index (χ0n) is 15.5. The average Bonchev–Trinajstić information content (AvgIpc) is 2.69. The van der Waals surface area contributed by atoms with Crippen molar-refractivity contribution in [1.29, 1.82) is 0 Å². The standard InChI is InChI=1S/C21H21ClN2O3S/c1-2-27-11-5-10-23-20(25)15-8-9-18-17(12-15)24-21(26)19(28-18)13-14-6-3-4-7-16(14)22/h3-4,6-9,12-13H,2,5,10-11H2,1H3,(H,23,25)(H,24,26)/b19-13+. The summed E-state index contributed by atoms with van der Waals surface area (Å²) in [5, 5.41) is 6.31. The fourth-order valence-corrected chi connectivity index (χ4v) is 3.77. The molecule has 2 amide bonds. The number of ether oxygens (including phenoxy) is 1. The zero-order chi connectivity index (χ0) is 19.9. The number of amides is 2. The van der Waals surface area contributed by atoms with Crippen LogP contribution in [-0.2, 0) is 9.53 Å². The Balaban J connectivity index is 1.69. The lowest BCUT2D eigenvalue weighted by Crippen LogP contribution is -2.26. The van der Waals surface area contributed by atoms with Crippen LogP contribution in [0.5, 0.6) is 0 Å². The SMILES string of the molecule is CCOCCCNC(=O)c1ccc2c(c1)NC(=O)/C(=C\c1ccccc1Cl)S2. The molecule has 1 aliphatic heterocycles. The van der Waals surface area contributed by atoms with E-state index in [9.17, 15) is 9.59 Å². The number of carbonyl (C=O) groups excluding carboxylic acids is 2. The Morgan fingerprint density at radius 1 is 1.29 bits per heavy atom. The highest BCUT2D eigenvalue weighted by Crippen LogP contribution is 2.39. The van der Waals surface area contributed by atoms with Crippen molar-refractivity contribution in [1.82, 2.24) is 5.32 Å². The Labute approximate surface area is 173 Å². The molecule has 3 rings (SSSR count). The van der Waals surface area contributed by atoms with Crippen LogP contribution >= 0.6 is 23.4 Å². The predicted octanol–water partition coefficient (Wildman–Crippen LogP) is 4.58. The van der Waals surface area contributed by atoms with Crippen LogP contribution < -0.4 is 10.6 Å². The summed E-state index contributed by atoms with van der Waals surface area (Å²) in [5.74, 6) is -0.386. The van der Waals surface area contributed by atoms with E-state index in [1.165, 1.54) is 11.8 Å². The van der Waals surface area contributed by atoms with Crippen LogP contribution in [0.1, 0.15) is 29.3 Å². The highest BCUT2D eigenvalue weighted by atomic mass is 35.5. The van der Waals surface area contributed by atoms with Gasteiger partial charge in [-0.1, -0.05) is 41.6 Å². The Hall–Kier alpha value is -2.28. The first-order valence-corrected chi connectivity index (χ1v) is 10.2. The number of rotatable bonds is 7. The van der Waals surface area contributed by atoms with Crippen molar-refractivity contribution in [2.75, 3.05) is 25.1 Å². The molecule has 0 aliphatic carbocycles. The van der Waals surface area contributed by atoms with Gasteiger partial charge in [0.25, 0.3) is 11.8 Å². The van der Waals surface area contributed by atoms with Crippen molar-refractivity contribution in [2.45, 2.75) is 18.2 Å². The molecular weight excluding hydrogens is 396 g/mol. The average molecular weight is 417 g/mol. The smallest absolute Gasteiger partial charge is 0.262 e. The number of hydrogen-bond acceptors (Lipinski definition) is 4. The van der Waals surface area contributed by atoms with Gasteiger partial charge in [-0.2, -0.15) is 0 Å². The normalized spacial score (nSPS) is 14.5. The van der Waals surface area contributed by atoms with Gasteiger partial charge in [-0.3, -0.25) is 9.59 Å². The van der Waals surface area contributed by atoms with E-state index >= 15 is 0 Å². The number of anilines is 1. The van der Waals surface area contributed by atoms with Crippen LogP contribution in [0, 0.1) is 0 Å². The van der Waals surface area contributed by atoms with Gasteiger partial charge in [0.15, 0.2) is 0 Å². The molecule has 7 heteroatoms. The van der Waals surface area contributed by atoms with E-state index in [1.807, 2.05) is 31.2 Å². The summed E-state index contributed by atoms with van der Waals surface area (Å²) in [6, 6.07) is 12.7. The number of benzene rings is 2. The second-order valence-corrected chi connectivity index (χ2v) is 7.59. The molecule has 1 aliphatic rings. The minimum absolute atomic E-state index is 0.170. The van der Waals surface area contributed by atoms with Crippen molar-refractivity contribution >= 4 is 46.9 Å². The molecule has 0 bridgehead atoms. The van der Waals surface area contributed by atoms with Gasteiger partial charge in [0.1, 0.15) is 0 Å². The number of nitrogens with one attached hydrogen (secondary N) is 2. The van der Waals surface area contributed by atoms with Gasteiger partial charge in [-0.15, -0.1) is 0 Å². The van der Waals surface area contributed by atoms with Crippen LogP contribution in [0.4, 0.5) is 5.69 Å². The Morgan fingerprint density at radius 3 is 2.89 bits per heavy atom. The highest BCUT2D eigenvalue weighted by molar-refractivity contribution is 8.04. The molecule has 5 nitrogen and oxygen atoms in total. The zero-order valence-corrected chi connectivity index (χ0v) is 17.0. The Bertz CT molecular complexity index is 914. The molecule has 0 atom stereocenters. The van der Waals surface area contributed by atoms with Crippen molar-refractivity contribution in [3.63, 3.8) is 0 Å². The van der Waals surface area contributed by atoms with E-state index in [1.54, 1.807) is 24.3 Å². The van der Waals surface area contributed by atoms with Crippen molar-refractivity contribution in [3.05, 3.63) is 63.5 Å². The van der Waals surface area contributed by atoms with E-state index in [4.69, 9.17) is 16.3 Å².